The van der Waals surface area contributed by atoms with Crippen LogP contribution in [0.1, 0.15) is 39.3 Å². The Balaban J connectivity index is 2.50. The third kappa shape index (κ3) is 5.38. The van der Waals surface area contributed by atoms with Gasteiger partial charge in [-0.25, -0.2) is 4.98 Å². The van der Waals surface area contributed by atoms with Crippen LogP contribution in [0.15, 0.2) is 5.38 Å². The molecule has 0 aliphatic heterocycles. The maximum absolute atomic E-state index is 11.8. The van der Waals surface area contributed by atoms with Crippen LogP contribution in [0.2, 0.25) is 0 Å². The van der Waals surface area contributed by atoms with Gasteiger partial charge in [-0.15, -0.1) is 11.3 Å². The molecule has 0 saturated heterocycles. The minimum atomic E-state index is -0.301. The van der Waals surface area contributed by atoms with Crippen LogP contribution in [0.25, 0.3) is 0 Å². The molecule has 0 aliphatic carbocycles. The summed E-state index contributed by atoms with van der Waals surface area (Å²) in [7, 11) is 0. The zero-order chi connectivity index (χ0) is 14.3. The highest BCUT2D eigenvalue weighted by molar-refractivity contribution is 7.13. The average molecular weight is 284 g/mol. The van der Waals surface area contributed by atoms with E-state index in [2.05, 4.69) is 10.3 Å². The SMILES string of the molecule is CCCC(C)C(=O)Nc1nc(CC(=O)OCC)cs1. The molecule has 0 saturated carbocycles. The second kappa shape index (κ2) is 7.89. The summed E-state index contributed by atoms with van der Waals surface area (Å²) in [6, 6.07) is 0. The van der Waals surface area contributed by atoms with Gasteiger partial charge in [0.25, 0.3) is 0 Å². The Morgan fingerprint density at radius 2 is 2.21 bits per heavy atom. The molecule has 1 amide bonds. The Morgan fingerprint density at radius 3 is 2.84 bits per heavy atom. The lowest BCUT2D eigenvalue weighted by atomic mass is 10.1. The second-order valence-electron chi connectivity index (χ2n) is 4.30. The van der Waals surface area contributed by atoms with Gasteiger partial charge in [0.15, 0.2) is 5.13 Å². The van der Waals surface area contributed by atoms with Gasteiger partial charge in [-0.3, -0.25) is 9.59 Å². The number of carbonyl (C=O) groups excluding carboxylic acids is 2. The molecule has 106 valence electrons. The van der Waals surface area contributed by atoms with Crippen LogP contribution < -0.4 is 5.32 Å². The van der Waals surface area contributed by atoms with Gasteiger partial charge in [0.1, 0.15) is 0 Å². The fourth-order valence-corrected chi connectivity index (χ4v) is 2.31. The molecule has 19 heavy (non-hydrogen) atoms. The standard InChI is InChI=1S/C13H20N2O3S/c1-4-6-9(3)12(17)15-13-14-10(8-19-13)7-11(16)18-5-2/h8-9H,4-7H2,1-3H3,(H,14,15,17). The van der Waals surface area contributed by atoms with E-state index < -0.39 is 0 Å². The summed E-state index contributed by atoms with van der Waals surface area (Å²) >= 11 is 1.32. The number of hydrogen-bond donors (Lipinski definition) is 1. The fraction of sp³-hybridized carbons (Fsp3) is 0.615. The number of anilines is 1. The Bertz CT molecular complexity index is 431. The predicted octanol–water partition coefficient (Wildman–Crippen LogP) is 2.62. The molecular formula is C13H20N2O3S. The number of rotatable bonds is 7. The van der Waals surface area contributed by atoms with E-state index in [0.717, 1.165) is 12.8 Å². The molecule has 0 aromatic carbocycles. The van der Waals surface area contributed by atoms with Gasteiger partial charge in [-0.2, -0.15) is 0 Å². The Morgan fingerprint density at radius 1 is 1.47 bits per heavy atom. The molecule has 1 unspecified atom stereocenters. The molecular weight excluding hydrogens is 264 g/mol. The van der Waals surface area contributed by atoms with E-state index in [9.17, 15) is 9.59 Å². The number of carbonyl (C=O) groups is 2. The minimum absolute atomic E-state index is 0.0255. The Kier molecular flexibility index (Phi) is 6.49. The maximum atomic E-state index is 11.8. The normalized spacial score (nSPS) is 11.9. The first-order chi connectivity index (χ1) is 9.06. The topological polar surface area (TPSA) is 68.3 Å². The summed E-state index contributed by atoms with van der Waals surface area (Å²) in [4.78, 5) is 27.3. The van der Waals surface area contributed by atoms with Crippen molar-refractivity contribution in [1.29, 1.82) is 0 Å². The maximum Gasteiger partial charge on any atom is 0.311 e. The van der Waals surface area contributed by atoms with Crippen LogP contribution in [0, 0.1) is 5.92 Å². The molecule has 1 aromatic heterocycles. The van der Waals surface area contributed by atoms with Crippen molar-refractivity contribution in [3.63, 3.8) is 0 Å². The van der Waals surface area contributed by atoms with E-state index in [1.54, 1.807) is 12.3 Å². The lowest BCUT2D eigenvalue weighted by molar-refractivity contribution is -0.142. The molecule has 5 nitrogen and oxygen atoms in total. The first-order valence-electron chi connectivity index (χ1n) is 6.47. The summed E-state index contributed by atoms with van der Waals surface area (Å²) < 4.78 is 4.84. The second-order valence-corrected chi connectivity index (χ2v) is 5.16. The van der Waals surface area contributed by atoms with Crippen molar-refractivity contribution in [2.45, 2.75) is 40.0 Å². The van der Waals surface area contributed by atoms with Crippen molar-refractivity contribution in [3.05, 3.63) is 11.1 Å². The van der Waals surface area contributed by atoms with E-state index in [1.807, 2.05) is 13.8 Å². The van der Waals surface area contributed by atoms with Crippen molar-refractivity contribution in [1.82, 2.24) is 4.98 Å². The largest absolute Gasteiger partial charge is 0.466 e. The summed E-state index contributed by atoms with van der Waals surface area (Å²) in [5, 5.41) is 5.06. The first-order valence-corrected chi connectivity index (χ1v) is 7.35. The zero-order valence-electron chi connectivity index (χ0n) is 11.6. The highest BCUT2D eigenvalue weighted by atomic mass is 32.1. The van der Waals surface area contributed by atoms with Crippen molar-refractivity contribution in [3.8, 4) is 0 Å². The van der Waals surface area contributed by atoms with Crippen LogP contribution in [-0.2, 0) is 20.7 Å². The highest BCUT2D eigenvalue weighted by Gasteiger charge is 2.14. The van der Waals surface area contributed by atoms with Crippen molar-refractivity contribution in [2.24, 2.45) is 5.92 Å². The molecule has 1 N–H and O–H groups in total. The number of thiazole rings is 1. The molecule has 1 rings (SSSR count). The van der Waals surface area contributed by atoms with E-state index in [0.29, 0.717) is 17.4 Å². The molecule has 6 heteroatoms. The van der Waals surface area contributed by atoms with E-state index in [4.69, 9.17) is 4.74 Å². The van der Waals surface area contributed by atoms with Crippen LogP contribution in [0.3, 0.4) is 0 Å². The van der Waals surface area contributed by atoms with Crippen LogP contribution in [0.4, 0.5) is 5.13 Å². The number of ether oxygens (including phenoxy) is 1. The van der Waals surface area contributed by atoms with E-state index in [-0.39, 0.29) is 24.2 Å². The Labute approximate surface area is 117 Å². The van der Waals surface area contributed by atoms with Crippen molar-refractivity contribution in [2.75, 3.05) is 11.9 Å². The quantitative estimate of drug-likeness (QED) is 0.781. The number of nitrogens with zero attached hydrogens (tertiary/aromatic N) is 1. The number of esters is 1. The number of amides is 1. The third-order valence-corrected chi connectivity index (χ3v) is 3.39. The molecule has 0 bridgehead atoms. The molecule has 1 heterocycles. The summed E-state index contributed by atoms with van der Waals surface area (Å²) in [6.45, 7) is 6.07. The summed E-state index contributed by atoms with van der Waals surface area (Å²) in [6.07, 6.45) is 1.97. The van der Waals surface area contributed by atoms with Crippen LogP contribution >= 0.6 is 11.3 Å². The summed E-state index contributed by atoms with van der Waals surface area (Å²) in [5.74, 6) is -0.355. The average Bonchev–Trinajstić information content (AvgIpc) is 2.77. The van der Waals surface area contributed by atoms with Gasteiger partial charge >= 0.3 is 5.97 Å². The minimum Gasteiger partial charge on any atom is -0.466 e. The van der Waals surface area contributed by atoms with Gasteiger partial charge < -0.3 is 10.1 Å². The number of nitrogens with one attached hydrogen (secondary N) is 1. The van der Waals surface area contributed by atoms with Crippen LogP contribution in [-0.4, -0.2) is 23.5 Å². The zero-order valence-corrected chi connectivity index (χ0v) is 12.4. The first kappa shape index (κ1) is 15.6. The highest BCUT2D eigenvalue weighted by Crippen LogP contribution is 2.18. The molecule has 0 radical (unpaired) electrons. The van der Waals surface area contributed by atoms with Gasteiger partial charge in [-0.1, -0.05) is 20.3 Å². The summed E-state index contributed by atoms with van der Waals surface area (Å²) in [5.41, 5.74) is 0.627. The predicted molar refractivity (Wildman–Crippen MR) is 75.2 cm³/mol. The van der Waals surface area contributed by atoms with Gasteiger partial charge in [0.05, 0.1) is 18.7 Å². The fourth-order valence-electron chi connectivity index (χ4n) is 1.60. The third-order valence-electron chi connectivity index (χ3n) is 2.58. The lowest BCUT2D eigenvalue weighted by Gasteiger charge is -2.08. The monoisotopic (exact) mass is 284 g/mol. The molecule has 0 aliphatic rings. The lowest BCUT2D eigenvalue weighted by Crippen LogP contribution is -2.20. The van der Waals surface area contributed by atoms with Gasteiger partial charge in [0.2, 0.25) is 5.91 Å². The van der Waals surface area contributed by atoms with E-state index in [1.165, 1.54) is 11.3 Å². The smallest absolute Gasteiger partial charge is 0.311 e. The molecule has 1 atom stereocenters. The van der Waals surface area contributed by atoms with Crippen molar-refractivity contribution < 1.29 is 14.3 Å². The molecule has 1 aromatic rings. The number of hydrogen-bond acceptors (Lipinski definition) is 5. The molecule has 0 spiro atoms. The number of aromatic nitrogens is 1. The van der Waals surface area contributed by atoms with Crippen molar-refractivity contribution >= 4 is 28.3 Å². The molecule has 0 fully saturated rings. The van der Waals surface area contributed by atoms with Gasteiger partial charge in [0, 0.05) is 11.3 Å². The van der Waals surface area contributed by atoms with E-state index >= 15 is 0 Å². The Hall–Kier alpha value is -1.43. The van der Waals surface area contributed by atoms with Crippen LogP contribution in [0.5, 0.6) is 0 Å². The van der Waals surface area contributed by atoms with Gasteiger partial charge in [-0.05, 0) is 13.3 Å².